The maximum absolute atomic E-state index is 13.1. The molecule has 0 unspecified atom stereocenters. The van der Waals surface area contributed by atoms with Crippen LogP contribution in [0.4, 0.5) is 4.39 Å². The first-order valence-corrected chi connectivity index (χ1v) is 6.74. The number of hydrogen-bond donors (Lipinski definition) is 0. The Balaban J connectivity index is 2.66. The maximum Gasteiger partial charge on any atom is 0.325 e. The molecule has 0 fully saturated rings. The van der Waals surface area contributed by atoms with Gasteiger partial charge in [-0.1, -0.05) is 19.1 Å². The van der Waals surface area contributed by atoms with Gasteiger partial charge in [0.2, 0.25) is 5.91 Å². The molecule has 0 aliphatic heterocycles. The number of rotatable bonds is 7. The third-order valence-electron chi connectivity index (χ3n) is 2.72. The molecular weight excluding hydrogens is 261 g/mol. The van der Waals surface area contributed by atoms with Gasteiger partial charge in [-0.15, -0.1) is 0 Å². The predicted molar refractivity (Wildman–Crippen MR) is 73.6 cm³/mol. The van der Waals surface area contributed by atoms with Gasteiger partial charge in [0.1, 0.15) is 12.4 Å². The van der Waals surface area contributed by atoms with E-state index in [2.05, 4.69) is 0 Å². The van der Waals surface area contributed by atoms with Crippen molar-refractivity contribution in [1.82, 2.24) is 4.90 Å². The van der Waals surface area contributed by atoms with E-state index in [-0.39, 0.29) is 31.3 Å². The van der Waals surface area contributed by atoms with E-state index in [9.17, 15) is 14.0 Å². The highest BCUT2D eigenvalue weighted by molar-refractivity contribution is 5.83. The molecule has 0 aliphatic rings. The van der Waals surface area contributed by atoms with Gasteiger partial charge in [0.15, 0.2) is 0 Å². The highest BCUT2D eigenvalue weighted by Crippen LogP contribution is 2.07. The fourth-order valence-electron chi connectivity index (χ4n) is 1.86. The summed E-state index contributed by atoms with van der Waals surface area (Å²) >= 11 is 0. The fraction of sp³-hybridized carbons (Fsp3) is 0.467. The summed E-state index contributed by atoms with van der Waals surface area (Å²) < 4.78 is 17.9. The zero-order chi connectivity index (χ0) is 15.0. The molecule has 1 aromatic rings. The van der Waals surface area contributed by atoms with Crippen LogP contribution < -0.4 is 0 Å². The molecule has 0 saturated heterocycles. The Morgan fingerprint density at radius 3 is 2.65 bits per heavy atom. The molecule has 0 atom stereocenters. The summed E-state index contributed by atoms with van der Waals surface area (Å²) in [4.78, 5) is 25.1. The first kappa shape index (κ1) is 16.1. The lowest BCUT2D eigenvalue weighted by Crippen LogP contribution is -2.38. The zero-order valence-corrected chi connectivity index (χ0v) is 11.9. The third-order valence-corrected chi connectivity index (χ3v) is 2.72. The van der Waals surface area contributed by atoms with E-state index >= 15 is 0 Å². The topological polar surface area (TPSA) is 46.6 Å². The standard InChI is InChI=1S/C15H20FNO3/c1-3-8-17(11-15(19)20-4-2)14(18)10-12-6-5-7-13(16)9-12/h5-7,9H,3-4,8,10-11H2,1-2H3. The van der Waals surface area contributed by atoms with Gasteiger partial charge < -0.3 is 9.64 Å². The van der Waals surface area contributed by atoms with Gasteiger partial charge in [0.05, 0.1) is 13.0 Å². The Hall–Kier alpha value is -1.91. The molecule has 0 radical (unpaired) electrons. The van der Waals surface area contributed by atoms with Gasteiger partial charge in [-0.2, -0.15) is 0 Å². The average molecular weight is 281 g/mol. The van der Waals surface area contributed by atoms with Gasteiger partial charge in [0, 0.05) is 6.54 Å². The van der Waals surface area contributed by atoms with Crippen molar-refractivity contribution in [2.24, 2.45) is 0 Å². The number of amides is 1. The van der Waals surface area contributed by atoms with Crippen LogP contribution in [0.1, 0.15) is 25.8 Å². The Morgan fingerprint density at radius 2 is 2.05 bits per heavy atom. The number of halogens is 1. The van der Waals surface area contributed by atoms with Crippen molar-refractivity contribution in [3.05, 3.63) is 35.6 Å². The molecule has 0 heterocycles. The van der Waals surface area contributed by atoms with Crippen LogP contribution in [-0.2, 0) is 20.7 Å². The molecule has 110 valence electrons. The van der Waals surface area contributed by atoms with Gasteiger partial charge in [-0.3, -0.25) is 9.59 Å². The van der Waals surface area contributed by atoms with Gasteiger partial charge in [0.25, 0.3) is 0 Å². The molecule has 4 nitrogen and oxygen atoms in total. The lowest BCUT2D eigenvalue weighted by molar-refractivity contribution is -0.148. The van der Waals surface area contributed by atoms with Crippen LogP contribution in [0.3, 0.4) is 0 Å². The average Bonchev–Trinajstić information content (AvgIpc) is 2.38. The van der Waals surface area contributed by atoms with Gasteiger partial charge in [-0.05, 0) is 31.0 Å². The molecule has 1 aromatic carbocycles. The second-order valence-corrected chi connectivity index (χ2v) is 4.43. The van der Waals surface area contributed by atoms with Crippen molar-refractivity contribution >= 4 is 11.9 Å². The van der Waals surface area contributed by atoms with E-state index in [0.717, 1.165) is 6.42 Å². The summed E-state index contributed by atoms with van der Waals surface area (Å²) in [5.74, 6) is -0.998. The van der Waals surface area contributed by atoms with Gasteiger partial charge in [-0.25, -0.2) is 4.39 Å². The number of ether oxygens (including phenoxy) is 1. The molecule has 0 N–H and O–H groups in total. The number of esters is 1. The van der Waals surface area contributed by atoms with Crippen molar-refractivity contribution < 1.29 is 18.7 Å². The van der Waals surface area contributed by atoms with Crippen molar-refractivity contribution in [3.63, 3.8) is 0 Å². The molecule has 5 heteroatoms. The molecule has 0 bridgehead atoms. The second kappa shape index (κ2) is 8.30. The van der Waals surface area contributed by atoms with E-state index in [0.29, 0.717) is 12.1 Å². The fourth-order valence-corrected chi connectivity index (χ4v) is 1.86. The highest BCUT2D eigenvalue weighted by atomic mass is 19.1. The minimum atomic E-state index is -0.423. The summed E-state index contributed by atoms with van der Waals surface area (Å²) in [6.07, 6.45) is 0.825. The van der Waals surface area contributed by atoms with Crippen molar-refractivity contribution in [2.45, 2.75) is 26.7 Å². The van der Waals surface area contributed by atoms with Crippen molar-refractivity contribution in [2.75, 3.05) is 19.7 Å². The Bertz CT molecular complexity index is 462. The van der Waals surface area contributed by atoms with Crippen LogP contribution in [0.5, 0.6) is 0 Å². The number of hydrogen-bond acceptors (Lipinski definition) is 3. The minimum Gasteiger partial charge on any atom is -0.465 e. The Kier molecular flexibility index (Phi) is 6.70. The summed E-state index contributed by atoms with van der Waals surface area (Å²) in [5, 5.41) is 0. The first-order valence-electron chi connectivity index (χ1n) is 6.74. The quantitative estimate of drug-likeness (QED) is 0.720. The lowest BCUT2D eigenvalue weighted by atomic mass is 10.1. The van der Waals surface area contributed by atoms with Crippen LogP contribution in [0.2, 0.25) is 0 Å². The first-order chi connectivity index (χ1) is 9.56. The highest BCUT2D eigenvalue weighted by Gasteiger charge is 2.17. The number of nitrogens with zero attached hydrogens (tertiary/aromatic N) is 1. The van der Waals surface area contributed by atoms with E-state index in [1.165, 1.54) is 17.0 Å². The molecule has 1 amide bonds. The molecular formula is C15H20FNO3. The molecule has 1 rings (SSSR count). The maximum atomic E-state index is 13.1. The summed E-state index contributed by atoms with van der Waals surface area (Å²) in [5.41, 5.74) is 0.597. The Morgan fingerprint density at radius 1 is 1.30 bits per heavy atom. The minimum absolute atomic E-state index is 0.0597. The molecule has 0 aliphatic carbocycles. The largest absolute Gasteiger partial charge is 0.465 e. The summed E-state index contributed by atoms with van der Waals surface area (Å²) in [7, 11) is 0. The van der Waals surface area contributed by atoms with E-state index < -0.39 is 5.97 Å². The molecule has 0 spiro atoms. The van der Waals surface area contributed by atoms with Crippen LogP contribution in [-0.4, -0.2) is 36.5 Å². The van der Waals surface area contributed by atoms with Crippen molar-refractivity contribution in [3.8, 4) is 0 Å². The SMILES string of the molecule is CCCN(CC(=O)OCC)C(=O)Cc1cccc(F)c1. The smallest absolute Gasteiger partial charge is 0.325 e. The lowest BCUT2D eigenvalue weighted by Gasteiger charge is -2.21. The third kappa shape index (κ3) is 5.38. The molecule has 0 aromatic heterocycles. The van der Waals surface area contributed by atoms with E-state index in [1.807, 2.05) is 6.92 Å². The molecule has 0 saturated carbocycles. The summed E-state index contributed by atoms with van der Waals surface area (Å²) in [6, 6.07) is 5.91. The van der Waals surface area contributed by atoms with Crippen LogP contribution in [0, 0.1) is 5.82 Å². The Labute approximate surface area is 118 Å². The number of carbonyl (C=O) groups excluding carboxylic acids is 2. The van der Waals surface area contributed by atoms with Crippen LogP contribution >= 0.6 is 0 Å². The number of benzene rings is 1. The van der Waals surface area contributed by atoms with E-state index in [4.69, 9.17) is 4.74 Å². The van der Waals surface area contributed by atoms with Crippen molar-refractivity contribution in [1.29, 1.82) is 0 Å². The zero-order valence-electron chi connectivity index (χ0n) is 11.9. The number of carbonyl (C=O) groups is 2. The summed E-state index contributed by atoms with van der Waals surface area (Å²) in [6.45, 7) is 4.35. The second-order valence-electron chi connectivity index (χ2n) is 4.43. The monoisotopic (exact) mass is 281 g/mol. The van der Waals surface area contributed by atoms with Gasteiger partial charge >= 0.3 is 5.97 Å². The molecule has 20 heavy (non-hydrogen) atoms. The van der Waals surface area contributed by atoms with E-state index in [1.54, 1.807) is 19.1 Å². The van der Waals surface area contributed by atoms with Crippen LogP contribution in [0.25, 0.3) is 0 Å². The predicted octanol–water partition coefficient (Wildman–Crippen LogP) is 2.17. The van der Waals surface area contributed by atoms with Crippen LogP contribution in [0.15, 0.2) is 24.3 Å². The normalized spacial score (nSPS) is 10.2.